The quantitative estimate of drug-likeness (QED) is 0.249. The lowest BCUT2D eigenvalue weighted by atomic mass is 10.0. The number of ether oxygens (including phenoxy) is 1. The van der Waals surface area contributed by atoms with Gasteiger partial charge in [-0.25, -0.2) is 4.79 Å². The molecule has 0 aliphatic carbocycles. The van der Waals surface area contributed by atoms with Crippen LogP contribution in [-0.4, -0.2) is 46.1 Å². The molecule has 0 spiro atoms. The standard InChI is InChI=1S/C30H42ClN3O5/c1-7-8-9-10-13-19-34(28(37)21(3)32-29(38)39-30(4,5)6)26(22-16-11-12-18-24(22)35)27(36)33-25-20(2)15-14-17-23(25)31/h11-12,14-18,21,26,35H,7-10,13,19H2,1-6H3,(H,32,38)(H,33,36). The predicted molar refractivity (Wildman–Crippen MR) is 155 cm³/mol. The molecule has 0 saturated heterocycles. The minimum absolute atomic E-state index is 0.120. The first kappa shape index (κ1) is 32.0. The number of rotatable bonds is 12. The highest BCUT2D eigenvalue weighted by Gasteiger charge is 2.36. The Kier molecular flexibility index (Phi) is 12.1. The topological polar surface area (TPSA) is 108 Å². The van der Waals surface area contributed by atoms with Crippen LogP contribution in [0.4, 0.5) is 10.5 Å². The van der Waals surface area contributed by atoms with Crippen LogP contribution in [0.15, 0.2) is 42.5 Å². The zero-order chi connectivity index (χ0) is 29.2. The van der Waals surface area contributed by atoms with E-state index >= 15 is 0 Å². The Labute approximate surface area is 237 Å². The maximum absolute atomic E-state index is 13.9. The fraction of sp³-hybridized carbons (Fsp3) is 0.500. The molecule has 0 aliphatic heterocycles. The smallest absolute Gasteiger partial charge is 0.408 e. The lowest BCUT2D eigenvalue weighted by molar-refractivity contribution is -0.140. The average molecular weight is 560 g/mol. The van der Waals surface area contributed by atoms with Crippen molar-refractivity contribution in [1.82, 2.24) is 10.2 Å². The van der Waals surface area contributed by atoms with Crippen molar-refractivity contribution >= 4 is 35.2 Å². The fourth-order valence-electron chi connectivity index (χ4n) is 4.20. The van der Waals surface area contributed by atoms with Crippen LogP contribution in [-0.2, 0) is 14.3 Å². The molecule has 8 nitrogen and oxygen atoms in total. The molecule has 3 amide bonds. The number of nitrogens with one attached hydrogen (secondary N) is 2. The van der Waals surface area contributed by atoms with Gasteiger partial charge in [-0.1, -0.05) is 74.5 Å². The Balaban J connectivity index is 2.47. The largest absolute Gasteiger partial charge is 0.508 e. The van der Waals surface area contributed by atoms with Crippen molar-refractivity contribution in [2.24, 2.45) is 0 Å². The lowest BCUT2D eigenvalue weighted by Gasteiger charge is -2.34. The van der Waals surface area contributed by atoms with E-state index in [1.807, 2.05) is 13.0 Å². The van der Waals surface area contributed by atoms with Crippen LogP contribution < -0.4 is 10.6 Å². The number of para-hydroxylation sites is 2. The van der Waals surface area contributed by atoms with Gasteiger partial charge in [-0.05, 0) is 58.7 Å². The third-order valence-corrected chi connectivity index (χ3v) is 6.47. The summed E-state index contributed by atoms with van der Waals surface area (Å²) in [7, 11) is 0. The summed E-state index contributed by atoms with van der Waals surface area (Å²) < 4.78 is 5.33. The monoisotopic (exact) mass is 559 g/mol. The number of unbranched alkanes of at least 4 members (excludes halogenated alkanes) is 4. The van der Waals surface area contributed by atoms with Gasteiger partial charge < -0.3 is 25.4 Å². The predicted octanol–water partition coefficient (Wildman–Crippen LogP) is 6.75. The van der Waals surface area contributed by atoms with E-state index in [-0.39, 0.29) is 17.9 Å². The number of aromatic hydroxyl groups is 1. The summed E-state index contributed by atoms with van der Waals surface area (Å²) >= 11 is 6.38. The van der Waals surface area contributed by atoms with Gasteiger partial charge in [0.1, 0.15) is 23.4 Å². The van der Waals surface area contributed by atoms with Crippen LogP contribution in [0.25, 0.3) is 0 Å². The molecule has 39 heavy (non-hydrogen) atoms. The van der Waals surface area contributed by atoms with E-state index in [1.54, 1.807) is 58.0 Å². The number of phenols is 1. The Morgan fingerprint density at radius 1 is 1.03 bits per heavy atom. The molecule has 2 unspecified atom stereocenters. The molecule has 0 fully saturated rings. The Morgan fingerprint density at radius 2 is 1.69 bits per heavy atom. The van der Waals surface area contributed by atoms with Crippen LogP contribution in [0.3, 0.4) is 0 Å². The van der Waals surface area contributed by atoms with Crippen molar-refractivity contribution in [2.45, 2.75) is 91.3 Å². The zero-order valence-corrected chi connectivity index (χ0v) is 24.6. The van der Waals surface area contributed by atoms with Gasteiger partial charge in [0.05, 0.1) is 10.7 Å². The van der Waals surface area contributed by atoms with Crippen molar-refractivity contribution in [3.8, 4) is 5.75 Å². The first-order valence-corrected chi connectivity index (χ1v) is 13.9. The van der Waals surface area contributed by atoms with Crippen molar-refractivity contribution in [3.05, 3.63) is 58.6 Å². The molecule has 0 heterocycles. The molecule has 2 aromatic rings. The number of aryl methyl sites for hydroxylation is 1. The van der Waals surface area contributed by atoms with Crippen molar-refractivity contribution in [1.29, 1.82) is 0 Å². The maximum Gasteiger partial charge on any atom is 0.408 e. The minimum atomic E-state index is -1.18. The summed E-state index contributed by atoms with van der Waals surface area (Å²) in [5.41, 5.74) is 0.715. The lowest BCUT2D eigenvalue weighted by Crippen LogP contribution is -2.51. The van der Waals surface area contributed by atoms with Gasteiger partial charge >= 0.3 is 6.09 Å². The van der Waals surface area contributed by atoms with Gasteiger partial charge in [0.15, 0.2) is 0 Å². The first-order chi connectivity index (χ1) is 18.4. The SMILES string of the molecule is CCCCCCCN(C(=O)C(C)NC(=O)OC(C)(C)C)C(C(=O)Nc1c(C)cccc1Cl)c1ccccc1O. The van der Waals surface area contributed by atoms with Gasteiger partial charge in [-0.2, -0.15) is 0 Å². The van der Waals surface area contributed by atoms with Crippen molar-refractivity contribution in [2.75, 3.05) is 11.9 Å². The van der Waals surface area contributed by atoms with E-state index in [9.17, 15) is 19.5 Å². The zero-order valence-electron chi connectivity index (χ0n) is 23.8. The molecular formula is C30H42ClN3O5. The Hall–Kier alpha value is -3.26. The number of phenolic OH excluding ortho intramolecular Hbond substituents is 1. The maximum atomic E-state index is 13.9. The number of hydrogen-bond donors (Lipinski definition) is 3. The second-order valence-electron chi connectivity index (χ2n) is 10.7. The minimum Gasteiger partial charge on any atom is -0.508 e. The molecule has 2 aromatic carbocycles. The number of carbonyl (C=O) groups is 3. The summed E-state index contributed by atoms with van der Waals surface area (Å²) in [5, 5.41) is 16.6. The first-order valence-electron chi connectivity index (χ1n) is 13.5. The van der Waals surface area contributed by atoms with Gasteiger partial charge in [-0.3, -0.25) is 9.59 Å². The second-order valence-corrected chi connectivity index (χ2v) is 11.1. The molecule has 0 radical (unpaired) electrons. The van der Waals surface area contributed by atoms with Crippen LogP contribution >= 0.6 is 11.6 Å². The number of carbonyl (C=O) groups excluding carboxylic acids is 3. The number of benzene rings is 2. The van der Waals surface area contributed by atoms with E-state index < -0.39 is 35.6 Å². The molecule has 0 aliphatic rings. The summed E-state index contributed by atoms with van der Waals surface area (Å²) in [4.78, 5) is 41.6. The van der Waals surface area contributed by atoms with E-state index in [2.05, 4.69) is 17.6 Å². The third kappa shape index (κ3) is 9.77. The van der Waals surface area contributed by atoms with Gasteiger partial charge in [0.25, 0.3) is 5.91 Å². The molecule has 2 rings (SSSR count). The van der Waals surface area contributed by atoms with Gasteiger partial charge in [0, 0.05) is 12.1 Å². The number of anilines is 1. The van der Waals surface area contributed by atoms with Crippen LogP contribution in [0.2, 0.25) is 5.02 Å². The molecule has 3 N–H and O–H groups in total. The second kappa shape index (κ2) is 14.8. The number of halogens is 1. The van der Waals surface area contributed by atoms with Gasteiger partial charge in [0.2, 0.25) is 5.91 Å². The molecule has 0 bridgehead atoms. The van der Waals surface area contributed by atoms with Crippen molar-refractivity contribution in [3.63, 3.8) is 0 Å². The van der Waals surface area contributed by atoms with E-state index in [0.29, 0.717) is 17.1 Å². The molecular weight excluding hydrogens is 518 g/mol. The molecule has 214 valence electrons. The summed E-state index contributed by atoms with van der Waals surface area (Å²) in [6, 6.07) is 9.54. The van der Waals surface area contributed by atoms with Gasteiger partial charge in [-0.15, -0.1) is 0 Å². The van der Waals surface area contributed by atoms with E-state index in [0.717, 1.165) is 31.2 Å². The molecule has 0 aromatic heterocycles. The summed E-state index contributed by atoms with van der Waals surface area (Å²) in [6.07, 6.45) is 3.91. The van der Waals surface area contributed by atoms with E-state index in [1.165, 1.54) is 11.0 Å². The number of nitrogens with zero attached hydrogens (tertiary/aromatic N) is 1. The average Bonchev–Trinajstić information content (AvgIpc) is 2.84. The van der Waals surface area contributed by atoms with Crippen molar-refractivity contribution < 1.29 is 24.2 Å². The van der Waals surface area contributed by atoms with Crippen LogP contribution in [0.5, 0.6) is 5.75 Å². The third-order valence-electron chi connectivity index (χ3n) is 6.15. The highest BCUT2D eigenvalue weighted by Crippen LogP contribution is 2.33. The number of amides is 3. The number of alkyl carbamates (subject to hydrolysis) is 1. The molecule has 9 heteroatoms. The Bertz CT molecular complexity index is 1110. The Morgan fingerprint density at radius 3 is 2.31 bits per heavy atom. The fourth-order valence-corrected chi connectivity index (χ4v) is 4.47. The molecule has 2 atom stereocenters. The highest BCUT2D eigenvalue weighted by molar-refractivity contribution is 6.34. The normalized spacial score (nSPS) is 12.8. The summed E-state index contributed by atoms with van der Waals surface area (Å²) in [6.45, 7) is 10.9. The summed E-state index contributed by atoms with van der Waals surface area (Å²) in [5.74, 6) is -1.13. The van der Waals surface area contributed by atoms with Crippen LogP contribution in [0, 0.1) is 6.92 Å². The van der Waals surface area contributed by atoms with Crippen LogP contribution in [0.1, 0.15) is 83.9 Å². The van der Waals surface area contributed by atoms with E-state index in [4.69, 9.17) is 16.3 Å². The highest BCUT2D eigenvalue weighted by atomic mass is 35.5. The number of hydrogen-bond acceptors (Lipinski definition) is 5. The molecule has 0 saturated carbocycles.